The third-order valence-corrected chi connectivity index (χ3v) is 3.39. The molecule has 0 saturated carbocycles. The van der Waals surface area contributed by atoms with Crippen molar-refractivity contribution in [2.45, 2.75) is 25.7 Å². The normalized spacial score (nSPS) is 13.6. The highest BCUT2D eigenvalue weighted by Gasteiger charge is 2.64. The third kappa shape index (κ3) is 5.05. The summed E-state index contributed by atoms with van der Waals surface area (Å²) in [6.07, 6.45) is -6.77. The third-order valence-electron chi connectivity index (χ3n) is 2.82. The van der Waals surface area contributed by atoms with Gasteiger partial charge in [0.05, 0.1) is 23.9 Å². The second-order valence-corrected chi connectivity index (χ2v) is 5.41. The Balaban J connectivity index is 3.43. The summed E-state index contributed by atoms with van der Waals surface area (Å²) in [4.78, 5) is 23.7. The van der Waals surface area contributed by atoms with Gasteiger partial charge in [-0.2, -0.15) is 13.2 Å². The molecular weight excluding hydrogens is 388 g/mol. The lowest BCUT2D eigenvalue weighted by Crippen LogP contribution is -2.69. The fourth-order valence-corrected chi connectivity index (χ4v) is 2.08. The fourth-order valence-electron chi connectivity index (χ4n) is 1.75. The molecule has 11 heteroatoms. The van der Waals surface area contributed by atoms with E-state index in [9.17, 15) is 22.8 Å². The standard InChI is InChI=1S/C14H15Cl2F3N2O4/c1-3-24-11(22)13(14(17,18)19,21-12(23)25-4-2)20-10-7-8(15)5-6-9(10)16/h5-7,20H,3-4H2,1-2H3,(H,21,23). The average molecular weight is 403 g/mol. The summed E-state index contributed by atoms with van der Waals surface area (Å²) in [5.74, 6) is -1.79. The molecule has 1 amide bonds. The van der Waals surface area contributed by atoms with Gasteiger partial charge in [0.2, 0.25) is 0 Å². The predicted octanol–water partition coefficient (Wildman–Crippen LogP) is 3.97. The predicted molar refractivity (Wildman–Crippen MR) is 85.7 cm³/mol. The topological polar surface area (TPSA) is 76.7 Å². The molecule has 0 saturated heterocycles. The molecule has 0 aliphatic carbocycles. The summed E-state index contributed by atoms with van der Waals surface area (Å²) >= 11 is 11.6. The Morgan fingerprint density at radius 2 is 1.72 bits per heavy atom. The number of hydrogen-bond donors (Lipinski definition) is 2. The number of rotatable bonds is 6. The van der Waals surface area contributed by atoms with E-state index in [1.165, 1.54) is 31.3 Å². The lowest BCUT2D eigenvalue weighted by molar-refractivity contribution is -0.205. The number of carbonyl (C=O) groups is 2. The maximum absolute atomic E-state index is 13.8. The number of amides is 1. The molecule has 0 radical (unpaired) electrons. The van der Waals surface area contributed by atoms with Crippen molar-refractivity contribution in [3.8, 4) is 0 Å². The van der Waals surface area contributed by atoms with Gasteiger partial charge >= 0.3 is 23.9 Å². The maximum atomic E-state index is 13.8. The highest BCUT2D eigenvalue weighted by molar-refractivity contribution is 6.35. The van der Waals surface area contributed by atoms with Crippen molar-refractivity contribution in [2.24, 2.45) is 0 Å². The molecule has 0 heterocycles. The van der Waals surface area contributed by atoms with Crippen LogP contribution in [0.25, 0.3) is 0 Å². The minimum absolute atomic E-state index is 0.0583. The van der Waals surface area contributed by atoms with Crippen LogP contribution in [0, 0.1) is 0 Å². The maximum Gasteiger partial charge on any atom is 0.442 e. The molecule has 0 aliphatic heterocycles. The molecule has 2 N–H and O–H groups in total. The van der Waals surface area contributed by atoms with Gasteiger partial charge in [-0.1, -0.05) is 23.2 Å². The smallest absolute Gasteiger partial charge is 0.442 e. The van der Waals surface area contributed by atoms with Crippen LogP contribution in [0.2, 0.25) is 10.0 Å². The molecule has 1 aromatic rings. The number of benzene rings is 1. The Bertz CT molecular complexity index is 643. The van der Waals surface area contributed by atoms with Gasteiger partial charge in [-0.05, 0) is 32.0 Å². The van der Waals surface area contributed by atoms with Crippen molar-refractivity contribution < 1.29 is 32.2 Å². The molecule has 0 fully saturated rings. The second-order valence-electron chi connectivity index (χ2n) is 4.56. The van der Waals surface area contributed by atoms with Crippen LogP contribution in [0.3, 0.4) is 0 Å². The van der Waals surface area contributed by atoms with Crippen LogP contribution in [0.4, 0.5) is 23.7 Å². The zero-order chi connectivity index (χ0) is 19.3. The van der Waals surface area contributed by atoms with E-state index in [-0.39, 0.29) is 28.9 Å². The number of carbonyl (C=O) groups excluding carboxylic acids is 2. The quantitative estimate of drug-likeness (QED) is 0.555. The number of alkyl carbamates (subject to hydrolysis) is 1. The number of nitrogens with one attached hydrogen (secondary N) is 2. The zero-order valence-corrected chi connectivity index (χ0v) is 14.7. The monoisotopic (exact) mass is 402 g/mol. The van der Waals surface area contributed by atoms with Gasteiger partial charge in [0.1, 0.15) is 0 Å². The summed E-state index contributed by atoms with van der Waals surface area (Å²) in [6, 6.07) is 3.63. The van der Waals surface area contributed by atoms with E-state index in [0.717, 1.165) is 6.07 Å². The van der Waals surface area contributed by atoms with E-state index >= 15 is 0 Å². The minimum atomic E-state index is -5.29. The number of hydrogen-bond acceptors (Lipinski definition) is 5. The number of anilines is 1. The van der Waals surface area contributed by atoms with Crippen LogP contribution < -0.4 is 10.6 Å². The van der Waals surface area contributed by atoms with E-state index in [0.29, 0.717) is 0 Å². The summed E-state index contributed by atoms with van der Waals surface area (Å²) in [5, 5.41) is 3.26. The first-order valence-corrected chi connectivity index (χ1v) is 7.75. The van der Waals surface area contributed by atoms with Gasteiger partial charge in [-0.3, -0.25) is 5.32 Å². The van der Waals surface area contributed by atoms with Gasteiger partial charge in [-0.25, -0.2) is 9.59 Å². The first-order valence-electron chi connectivity index (χ1n) is 6.99. The van der Waals surface area contributed by atoms with Crippen LogP contribution >= 0.6 is 23.2 Å². The van der Waals surface area contributed by atoms with Crippen LogP contribution in [0.15, 0.2) is 18.2 Å². The van der Waals surface area contributed by atoms with E-state index in [1.54, 1.807) is 0 Å². The van der Waals surface area contributed by atoms with Crippen molar-refractivity contribution in [3.63, 3.8) is 0 Å². The van der Waals surface area contributed by atoms with Crippen LogP contribution in [-0.2, 0) is 14.3 Å². The van der Waals surface area contributed by atoms with Crippen molar-refractivity contribution in [1.82, 2.24) is 5.32 Å². The number of ether oxygens (including phenoxy) is 2. The molecule has 140 valence electrons. The van der Waals surface area contributed by atoms with Crippen LogP contribution in [0.5, 0.6) is 0 Å². The Morgan fingerprint density at radius 1 is 1.12 bits per heavy atom. The Kier molecular flexibility index (Phi) is 7.18. The zero-order valence-electron chi connectivity index (χ0n) is 13.2. The SMILES string of the molecule is CCOC(=O)NC(Nc1cc(Cl)ccc1Cl)(C(=O)OCC)C(F)(F)F. The van der Waals surface area contributed by atoms with Gasteiger partial charge < -0.3 is 14.8 Å². The van der Waals surface area contributed by atoms with Crippen LogP contribution in [0.1, 0.15) is 13.8 Å². The molecule has 25 heavy (non-hydrogen) atoms. The summed E-state index contributed by atoms with van der Waals surface area (Å²) in [5.41, 5.74) is -3.96. The Morgan fingerprint density at radius 3 is 2.24 bits per heavy atom. The largest absolute Gasteiger partial charge is 0.463 e. The summed E-state index contributed by atoms with van der Waals surface area (Å²) in [6.45, 7) is 2.14. The van der Waals surface area contributed by atoms with E-state index in [2.05, 4.69) is 9.47 Å². The highest BCUT2D eigenvalue weighted by atomic mass is 35.5. The molecular formula is C14H15Cl2F3N2O4. The first-order chi connectivity index (χ1) is 11.6. The number of alkyl halides is 3. The lowest BCUT2D eigenvalue weighted by Gasteiger charge is -2.35. The molecule has 1 aromatic carbocycles. The Hall–Kier alpha value is -1.87. The molecule has 6 nitrogen and oxygen atoms in total. The van der Waals surface area contributed by atoms with Gasteiger partial charge in [0.25, 0.3) is 0 Å². The van der Waals surface area contributed by atoms with Crippen molar-refractivity contribution in [3.05, 3.63) is 28.2 Å². The van der Waals surface area contributed by atoms with Crippen molar-refractivity contribution in [2.75, 3.05) is 18.5 Å². The van der Waals surface area contributed by atoms with E-state index in [1.807, 2.05) is 5.32 Å². The van der Waals surface area contributed by atoms with Gasteiger partial charge in [0, 0.05) is 5.02 Å². The summed E-state index contributed by atoms with van der Waals surface area (Å²) < 4.78 is 50.2. The second kappa shape index (κ2) is 8.48. The Labute approximate surface area is 151 Å². The molecule has 1 rings (SSSR count). The minimum Gasteiger partial charge on any atom is -0.463 e. The fraction of sp³-hybridized carbons (Fsp3) is 0.429. The van der Waals surface area contributed by atoms with Gasteiger partial charge in [0.15, 0.2) is 0 Å². The summed E-state index contributed by atoms with van der Waals surface area (Å²) in [7, 11) is 0. The molecule has 0 aliphatic rings. The van der Waals surface area contributed by atoms with E-state index in [4.69, 9.17) is 23.2 Å². The first kappa shape index (κ1) is 21.2. The molecule has 1 unspecified atom stereocenters. The molecule has 1 atom stereocenters. The molecule has 0 bridgehead atoms. The van der Waals surface area contributed by atoms with Crippen molar-refractivity contribution in [1.29, 1.82) is 0 Å². The van der Waals surface area contributed by atoms with Gasteiger partial charge in [-0.15, -0.1) is 0 Å². The number of esters is 1. The average Bonchev–Trinajstić information content (AvgIpc) is 2.49. The molecule has 0 spiro atoms. The van der Waals surface area contributed by atoms with Crippen LogP contribution in [-0.4, -0.2) is 37.1 Å². The number of halogens is 5. The van der Waals surface area contributed by atoms with E-state index < -0.39 is 23.9 Å². The molecule has 0 aromatic heterocycles. The van der Waals surface area contributed by atoms with Crippen molar-refractivity contribution >= 4 is 41.0 Å². The lowest BCUT2D eigenvalue weighted by atomic mass is 10.1. The highest BCUT2D eigenvalue weighted by Crippen LogP contribution is 2.36.